The number of aryl methyl sites for hydroxylation is 4. The lowest BCUT2D eigenvalue weighted by molar-refractivity contribution is 0.700. The number of nitrogens with one attached hydrogen (secondary N) is 1. The van der Waals surface area contributed by atoms with Gasteiger partial charge < -0.3 is 4.98 Å². The Morgan fingerprint density at radius 2 is 2.00 bits per heavy atom. The molecule has 3 aromatic rings. The summed E-state index contributed by atoms with van der Waals surface area (Å²) in [6.07, 6.45) is 8.42. The summed E-state index contributed by atoms with van der Waals surface area (Å²) in [5.41, 5.74) is 4.83. The first kappa shape index (κ1) is 15.3. The summed E-state index contributed by atoms with van der Waals surface area (Å²) in [6.45, 7) is 4.17. The van der Waals surface area contributed by atoms with Crippen molar-refractivity contribution in [1.29, 1.82) is 0 Å². The van der Waals surface area contributed by atoms with Crippen LogP contribution in [-0.2, 0) is 12.8 Å². The number of hydrogen-bond acceptors (Lipinski definition) is 3. The van der Waals surface area contributed by atoms with E-state index in [4.69, 9.17) is 0 Å². The minimum Gasteiger partial charge on any atom is -0.306 e. The number of benzene rings is 1. The zero-order chi connectivity index (χ0) is 16.7. The number of thiophene rings is 1. The van der Waals surface area contributed by atoms with Crippen molar-refractivity contribution in [3.63, 3.8) is 0 Å². The standard InChI is InChI=1S/C20H20N2OS/c1-12-7-8-13(2)14(11-12)9-10-17-21-19(23)18-15-5-3-4-6-16(15)24-20(18)22-17/h7-11H,3-6H2,1-2H3,(H,21,22,23). The van der Waals surface area contributed by atoms with Gasteiger partial charge in [-0.3, -0.25) is 4.79 Å². The zero-order valence-electron chi connectivity index (χ0n) is 14.0. The van der Waals surface area contributed by atoms with Crippen molar-refractivity contribution in [3.05, 3.63) is 61.5 Å². The third-order valence-corrected chi connectivity index (χ3v) is 5.88. The van der Waals surface area contributed by atoms with Crippen molar-refractivity contribution >= 4 is 33.7 Å². The summed E-state index contributed by atoms with van der Waals surface area (Å²) >= 11 is 1.69. The van der Waals surface area contributed by atoms with Crippen LogP contribution in [0.1, 0.15) is 45.8 Å². The van der Waals surface area contributed by atoms with E-state index in [-0.39, 0.29) is 5.56 Å². The molecule has 0 bridgehead atoms. The molecule has 3 nitrogen and oxygen atoms in total. The number of aromatic amines is 1. The zero-order valence-corrected chi connectivity index (χ0v) is 14.8. The Morgan fingerprint density at radius 3 is 2.88 bits per heavy atom. The van der Waals surface area contributed by atoms with E-state index in [1.165, 1.54) is 34.4 Å². The fraction of sp³-hybridized carbons (Fsp3) is 0.300. The molecule has 0 fully saturated rings. The van der Waals surface area contributed by atoms with E-state index in [9.17, 15) is 4.79 Å². The molecule has 24 heavy (non-hydrogen) atoms. The Hall–Kier alpha value is -2.20. The van der Waals surface area contributed by atoms with E-state index in [0.29, 0.717) is 5.82 Å². The molecule has 0 saturated carbocycles. The topological polar surface area (TPSA) is 45.8 Å². The average molecular weight is 336 g/mol. The Kier molecular flexibility index (Phi) is 3.85. The van der Waals surface area contributed by atoms with Crippen molar-refractivity contribution in [3.8, 4) is 0 Å². The third kappa shape index (κ3) is 2.71. The highest BCUT2D eigenvalue weighted by atomic mass is 32.1. The van der Waals surface area contributed by atoms with Gasteiger partial charge in [-0.05, 0) is 62.3 Å². The second-order valence-corrected chi connectivity index (χ2v) is 7.62. The molecule has 1 N–H and O–H groups in total. The first-order valence-electron chi connectivity index (χ1n) is 8.42. The van der Waals surface area contributed by atoms with Crippen molar-refractivity contribution < 1.29 is 0 Å². The second-order valence-electron chi connectivity index (χ2n) is 6.54. The van der Waals surface area contributed by atoms with Crippen molar-refractivity contribution in [1.82, 2.24) is 9.97 Å². The van der Waals surface area contributed by atoms with Crippen LogP contribution in [-0.4, -0.2) is 9.97 Å². The lowest BCUT2D eigenvalue weighted by Gasteiger charge is -2.09. The van der Waals surface area contributed by atoms with Gasteiger partial charge in [0.05, 0.1) is 5.39 Å². The first-order chi connectivity index (χ1) is 11.6. The van der Waals surface area contributed by atoms with Gasteiger partial charge in [0.15, 0.2) is 0 Å². The van der Waals surface area contributed by atoms with Gasteiger partial charge >= 0.3 is 0 Å². The average Bonchev–Trinajstić information content (AvgIpc) is 2.94. The molecule has 1 aliphatic carbocycles. The van der Waals surface area contributed by atoms with Gasteiger partial charge in [0.25, 0.3) is 5.56 Å². The molecule has 0 atom stereocenters. The van der Waals surface area contributed by atoms with Crippen LogP contribution < -0.4 is 5.56 Å². The Bertz CT molecular complexity index is 1010. The molecule has 0 aliphatic heterocycles. The highest BCUT2D eigenvalue weighted by Gasteiger charge is 2.19. The van der Waals surface area contributed by atoms with Crippen LogP contribution in [0.4, 0.5) is 0 Å². The molecule has 0 amide bonds. The summed E-state index contributed by atoms with van der Waals surface area (Å²) in [4.78, 5) is 22.4. The number of fused-ring (bicyclic) bond motifs is 3. The maximum absolute atomic E-state index is 12.5. The van der Waals surface area contributed by atoms with Gasteiger partial charge in [0.2, 0.25) is 0 Å². The molecule has 4 heteroatoms. The van der Waals surface area contributed by atoms with E-state index in [0.717, 1.165) is 28.6 Å². The van der Waals surface area contributed by atoms with Gasteiger partial charge in [-0.15, -0.1) is 11.3 Å². The van der Waals surface area contributed by atoms with Crippen LogP contribution in [0, 0.1) is 13.8 Å². The number of nitrogens with zero attached hydrogens (tertiary/aromatic N) is 1. The summed E-state index contributed by atoms with van der Waals surface area (Å²) in [7, 11) is 0. The van der Waals surface area contributed by atoms with Crippen LogP contribution >= 0.6 is 11.3 Å². The summed E-state index contributed by atoms with van der Waals surface area (Å²) in [5, 5.41) is 0.818. The molecular weight excluding hydrogens is 316 g/mol. The fourth-order valence-electron chi connectivity index (χ4n) is 3.37. The second kappa shape index (κ2) is 6.02. The molecule has 1 aliphatic rings. The van der Waals surface area contributed by atoms with Crippen LogP contribution in [0.25, 0.3) is 22.4 Å². The molecule has 0 radical (unpaired) electrons. The normalized spacial score (nSPS) is 14.4. The highest BCUT2D eigenvalue weighted by Crippen LogP contribution is 2.33. The Morgan fingerprint density at radius 1 is 1.17 bits per heavy atom. The number of rotatable bonds is 2. The molecule has 4 rings (SSSR count). The van der Waals surface area contributed by atoms with Gasteiger partial charge in [0, 0.05) is 4.88 Å². The fourth-order valence-corrected chi connectivity index (χ4v) is 4.64. The number of H-pyrrole nitrogens is 1. The molecule has 0 spiro atoms. The summed E-state index contributed by atoms with van der Waals surface area (Å²) in [5.74, 6) is 0.631. The van der Waals surface area contributed by atoms with E-state index >= 15 is 0 Å². The molecular formula is C20H20N2OS. The SMILES string of the molecule is Cc1ccc(C)c(C=Cc2nc3sc4c(c3c(=O)[nH]2)CCCC4)c1. The third-order valence-electron chi connectivity index (χ3n) is 4.70. The van der Waals surface area contributed by atoms with Crippen molar-refractivity contribution in [2.75, 3.05) is 0 Å². The molecule has 2 aromatic heterocycles. The van der Waals surface area contributed by atoms with E-state index < -0.39 is 0 Å². The lowest BCUT2D eigenvalue weighted by Crippen LogP contribution is -2.11. The predicted octanol–water partition coefficient (Wildman–Crippen LogP) is 4.65. The summed E-state index contributed by atoms with van der Waals surface area (Å²) in [6, 6.07) is 6.36. The Labute approximate surface area is 145 Å². The smallest absolute Gasteiger partial charge is 0.260 e. The molecule has 122 valence electrons. The van der Waals surface area contributed by atoms with Gasteiger partial charge in [-0.25, -0.2) is 4.98 Å². The number of aromatic nitrogens is 2. The monoisotopic (exact) mass is 336 g/mol. The largest absolute Gasteiger partial charge is 0.306 e. The van der Waals surface area contributed by atoms with E-state index in [2.05, 4.69) is 42.0 Å². The van der Waals surface area contributed by atoms with Crippen molar-refractivity contribution in [2.24, 2.45) is 0 Å². The van der Waals surface area contributed by atoms with Crippen LogP contribution in [0.5, 0.6) is 0 Å². The Balaban J connectivity index is 1.76. The molecule has 0 unspecified atom stereocenters. The molecule has 1 aromatic carbocycles. The minimum absolute atomic E-state index is 0.0000131. The van der Waals surface area contributed by atoms with Gasteiger partial charge in [-0.1, -0.05) is 29.8 Å². The first-order valence-corrected chi connectivity index (χ1v) is 9.23. The van der Waals surface area contributed by atoms with Gasteiger partial charge in [0.1, 0.15) is 10.7 Å². The number of hydrogen-bond donors (Lipinski definition) is 1. The van der Waals surface area contributed by atoms with Crippen LogP contribution in [0.3, 0.4) is 0 Å². The van der Waals surface area contributed by atoms with E-state index in [1.807, 2.05) is 12.2 Å². The van der Waals surface area contributed by atoms with Gasteiger partial charge in [-0.2, -0.15) is 0 Å². The predicted molar refractivity (Wildman–Crippen MR) is 102 cm³/mol. The van der Waals surface area contributed by atoms with Crippen molar-refractivity contribution in [2.45, 2.75) is 39.5 Å². The maximum Gasteiger partial charge on any atom is 0.260 e. The van der Waals surface area contributed by atoms with Crippen LogP contribution in [0.15, 0.2) is 23.0 Å². The van der Waals surface area contributed by atoms with Crippen LogP contribution in [0.2, 0.25) is 0 Å². The summed E-state index contributed by atoms with van der Waals surface area (Å²) < 4.78 is 0. The molecule has 2 heterocycles. The highest BCUT2D eigenvalue weighted by molar-refractivity contribution is 7.18. The molecule has 0 saturated heterocycles. The minimum atomic E-state index is 0.0000131. The maximum atomic E-state index is 12.5. The van der Waals surface area contributed by atoms with E-state index in [1.54, 1.807) is 11.3 Å². The lowest BCUT2D eigenvalue weighted by atomic mass is 9.97. The quantitative estimate of drug-likeness (QED) is 0.740.